The molecule has 1 aromatic carbocycles. The molecule has 3 fully saturated rings. The Labute approximate surface area is 274 Å². The van der Waals surface area contributed by atoms with Crippen LogP contribution in [0.1, 0.15) is 42.0 Å². The minimum atomic E-state index is -2.02. The number of carbonyl (C=O) groups is 3. The Morgan fingerprint density at radius 2 is 1.87 bits per heavy atom. The summed E-state index contributed by atoms with van der Waals surface area (Å²) < 4.78 is 11.3. The molecule has 234 valence electrons. The number of nitrogens with one attached hydrogen (secondary N) is 3. The molecule has 3 N–H and O–H groups in total. The maximum absolute atomic E-state index is 13.0. The molecule has 18 heteroatoms. The fourth-order valence-electron chi connectivity index (χ4n) is 5.25. The SMILES string of the molecule is [B]C([B])([B])NC(=O)c1nnc(NC(=O)C2CC2)cc1Nc1cccc(-c2nc(CN3CCN(C(=O)C4(C#N)CC4)CC3)no2)c1OC. The van der Waals surface area contributed by atoms with Crippen molar-refractivity contribution in [1.29, 1.82) is 5.26 Å². The first-order valence-electron chi connectivity index (χ1n) is 15.1. The molecule has 3 amide bonds. The standard InChI is InChI=1S/C29H29B3N10O5/c1-46-23-17(26-36-21(40-47-26)14-41-9-11-42(12-10-41)27(45)28(15-33)7-8-28)3-2-4-18(23)34-19-13-20(35-24(43)16-5-6-16)38-39-22(19)25(44)37-29(30,31)32/h2-4,13,16H,5-12,14H2,1H3,(H,37,44)(H2,34,35,38,43). The third kappa shape index (κ3) is 7.25. The van der Waals surface area contributed by atoms with Gasteiger partial charge in [-0.15, -0.1) is 10.2 Å². The molecule has 6 radical (unpaired) electrons. The summed E-state index contributed by atoms with van der Waals surface area (Å²) in [7, 11) is 18.2. The number of benzene rings is 1. The van der Waals surface area contributed by atoms with E-state index < -0.39 is 16.6 Å². The molecule has 2 aromatic heterocycles. The lowest BCUT2D eigenvalue weighted by molar-refractivity contribution is -0.136. The second kappa shape index (κ2) is 12.7. The number of piperazine rings is 1. The number of nitrogens with zero attached hydrogens (tertiary/aromatic N) is 7. The smallest absolute Gasteiger partial charge is 0.272 e. The molecule has 1 saturated heterocycles. The van der Waals surface area contributed by atoms with Gasteiger partial charge in [-0.3, -0.25) is 19.3 Å². The van der Waals surface area contributed by atoms with E-state index in [1.807, 2.05) is 0 Å². The van der Waals surface area contributed by atoms with Crippen molar-refractivity contribution < 1.29 is 23.6 Å². The predicted molar refractivity (Wildman–Crippen MR) is 170 cm³/mol. The Bertz CT molecular complexity index is 1740. The van der Waals surface area contributed by atoms with Gasteiger partial charge in [-0.05, 0) is 37.8 Å². The number of aromatic nitrogens is 4. The summed E-state index contributed by atoms with van der Waals surface area (Å²) in [4.78, 5) is 46.5. The van der Waals surface area contributed by atoms with Crippen molar-refractivity contribution in [3.05, 3.63) is 35.8 Å². The zero-order valence-corrected chi connectivity index (χ0v) is 25.7. The summed E-state index contributed by atoms with van der Waals surface area (Å²) in [6.07, 6.45) is 2.83. The van der Waals surface area contributed by atoms with E-state index in [0.29, 0.717) is 68.4 Å². The minimum Gasteiger partial charge on any atom is -0.494 e. The quantitative estimate of drug-likeness (QED) is 0.248. The van der Waals surface area contributed by atoms with Gasteiger partial charge in [-0.2, -0.15) is 10.2 Å². The highest BCUT2D eigenvalue weighted by Gasteiger charge is 2.52. The second-order valence-electron chi connectivity index (χ2n) is 11.9. The van der Waals surface area contributed by atoms with Crippen LogP contribution in [0.4, 0.5) is 17.2 Å². The van der Waals surface area contributed by atoms with Crippen molar-refractivity contribution >= 4 is 58.5 Å². The third-order valence-electron chi connectivity index (χ3n) is 8.12. The van der Waals surface area contributed by atoms with E-state index in [-0.39, 0.29) is 40.8 Å². The summed E-state index contributed by atoms with van der Waals surface area (Å²) in [6, 6.07) is 8.78. The van der Waals surface area contributed by atoms with Crippen LogP contribution in [-0.4, -0.2) is 110 Å². The van der Waals surface area contributed by atoms with Gasteiger partial charge in [0.15, 0.2) is 23.1 Å². The van der Waals surface area contributed by atoms with E-state index in [1.54, 1.807) is 23.1 Å². The van der Waals surface area contributed by atoms with E-state index in [9.17, 15) is 19.6 Å². The van der Waals surface area contributed by atoms with Gasteiger partial charge in [0.1, 0.15) is 5.41 Å². The first-order chi connectivity index (χ1) is 22.5. The Morgan fingerprint density at radius 1 is 1.13 bits per heavy atom. The van der Waals surface area contributed by atoms with E-state index >= 15 is 0 Å². The lowest BCUT2D eigenvalue weighted by atomic mass is 9.49. The van der Waals surface area contributed by atoms with Gasteiger partial charge in [0, 0.05) is 38.2 Å². The molecule has 0 bridgehead atoms. The van der Waals surface area contributed by atoms with Crippen molar-refractivity contribution in [3.8, 4) is 23.3 Å². The number of hydrogen-bond donors (Lipinski definition) is 3. The van der Waals surface area contributed by atoms with Gasteiger partial charge in [0.2, 0.25) is 11.8 Å². The molecule has 3 aromatic rings. The van der Waals surface area contributed by atoms with Crippen LogP contribution < -0.4 is 20.7 Å². The zero-order valence-electron chi connectivity index (χ0n) is 25.7. The van der Waals surface area contributed by atoms with Crippen molar-refractivity contribution in [2.75, 3.05) is 43.9 Å². The highest BCUT2D eigenvalue weighted by molar-refractivity contribution is 6.60. The number of ether oxygens (including phenoxy) is 1. The maximum Gasteiger partial charge on any atom is 0.272 e. The molecular formula is C29H29B3N10O5. The Morgan fingerprint density at radius 3 is 2.51 bits per heavy atom. The van der Waals surface area contributed by atoms with E-state index in [2.05, 4.69) is 47.3 Å². The molecule has 0 spiro atoms. The Kier molecular flexibility index (Phi) is 8.67. The molecule has 2 saturated carbocycles. The van der Waals surface area contributed by atoms with Crippen LogP contribution in [0, 0.1) is 22.7 Å². The van der Waals surface area contributed by atoms with E-state index in [0.717, 1.165) is 12.8 Å². The number of anilines is 3. The van der Waals surface area contributed by atoms with Gasteiger partial charge < -0.3 is 30.1 Å². The van der Waals surface area contributed by atoms with E-state index in [1.165, 1.54) is 13.2 Å². The zero-order chi connectivity index (χ0) is 33.3. The van der Waals surface area contributed by atoms with Crippen molar-refractivity contribution in [3.63, 3.8) is 0 Å². The molecule has 6 rings (SSSR count). The second-order valence-corrected chi connectivity index (χ2v) is 11.9. The third-order valence-corrected chi connectivity index (χ3v) is 8.12. The van der Waals surface area contributed by atoms with Gasteiger partial charge in [0.05, 0.1) is 60.2 Å². The lowest BCUT2D eigenvalue weighted by Crippen LogP contribution is -2.50. The number of hydrogen-bond acceptors (Lipinski definition) is 12. The van der Waals surface area contributed by atoms with Crippen LogP contribution in [0.2, 0.25) is 0 Å². The van der Waals surface area contributed by atoms with Crippen LogP contribution in [0.25, 0.3) is 11.5 Å². The summed E-state index contributed by atoms with van der Waals surface area (Å²) in [6.45, 7) is 2.66. The molecule has 3 heterocycles. The lowest BCUT2D eigenvalue weighted by Gasteiger charge is -2.35. The molecular weight excluding hydrogens is 601 g/mol. The Balaban J connectivity index is 1.19. The van der Waals surface area contributed by atoms with Gasteiger partial charge in [-0.1, -0.05) is 16.5 Å². The molecule has 2 aliphatic carbocycles. The predicted octanol–water partition coefficient (Wildman–Crippen LogP) is 0.422. The number of methoxy groups -OCH3 is 1. The molecule has 3 aliphatic rings. The molecule has 1 aliphatic heterocycles. The minimum absolute atomic E-state index is 0.0807. The number of carbonyl (C=O) groups excluding carboxylic acids is 3. The average Bonchev–Trinajstić information content (AvgIpc) is 3.98. The van der Waals surface area contributed by atoms with Crippen LogP contribution in [0.5, 0.6) is 5.75 Å². The number of rotatable bonds is 11. The highest BCUT2D eigenvalue weighted by Crippen LogP contribution is 2.46. The summed E-state index contributed by atoms with van der Waals surface area (Å²) in [5.41, 5.74) is -0.00589. The van der Waals surface area contributed by atoms with Gasteiger partial charge in [0.25, 0.3) is 11.8 Å². The fourth-order valence-corrected chi connectivity index (χ4v) is 5.25. The van der Waals surface area contributed by atoms with Crippen LogP contribution >= 0.6 is 0 Å². The normalized spacial score (nSPS) is 17.3. The molecule has 47 heavy (non-hydrogen) atoms. The van der Waals surface area contributed by atoms with Crippen LogP contribution in [0.15, 0.2) is 28.8 Å². The molecule has 0 unspecified atom stereocenters. The number of nitriles is 1. The van der Waals surface area contributed by atoms with Crippen molar-refractivity contribution in [2.24, 2.45) is 11.3 Å². The average molecular weight is 630 g/mol. The molecule has 15 nitrogen and oxygen atoms in total. The fraction of sp³-hybridized carbons (Fsp3) is 0.448. The largest absolute Gasteiger partial charge is 0.494 e. The van der Waals surface area contributed by atoms with Crippen LogP contribution in [-0.2, 0) is 16.1 Å². The van der Waals surface area contributed by atoms with Gasteiger partial charge in [-0.25, -0.2) is 0 Å². The Hall–Kier alpha value is -4.91. The highest BCUT2D eigenvalue weighted by atomic mass is 16.5. The van der Waals surface area contributed by atoms with Crippen molar-refractivity contribution in [2.45, 2.75) is 37.5 Å². The summed E-state index contributed by atoms with van der Waals surface area (Å²) >= 11 is 0. The van der Waals surface area contributed by atoms with Gasteiger partial charge >= 0.3 is 0 Å². The first kappa shape index (κ1) is 32.1. The monoisotopic (exact) mass is 630 g/mol. The molecule has 0 atom stereocenters. The topological polar surface area (TPSA) is 191 Å². The number of amides is 3. The maximum atomic E-state index is 13.0. The van der Waals surface area contributed by atoms with Crippen LogP contribution in [0.3, 0.4) is 0 Å². The van der Waals surface area contributed by atoms with Crippen molar-refractivity contribution in [1.82, 2.24) is 35.5 Å². The first-order valence-corrected chi connectivity index (χ1v) is 15.1. The number of para-hydroxylation sites is 1. The summed E-state index contributed by atoms with van der Waals surface area (Å²) in [5, 5.41) is 27.5. The summed E-state index contributed by atoms with van der Waals surface area (Å²) in [5.74, 6) is -0.0926. The van der Waals surface area contributed by atoms with E-state index in [4.69, 9.17) is 32.8 Å².